The summed E-state index contributed by atoms with van der Waals surface area (Å²) in [5.74, 6) is 1.34. The Bertz CT molecular complexity index is 878. The van der Waals surface area contributed by atoms with Crippen LogP contribution in [0.15, 0.2) is 17.2 Å². The van der Waals surface area contributed by atoms with E-state index in [1.807, 2.05) is 19.9 Å². The summed E-state index contributed by atoms with van der Waals surface area (Å²) in [5.41, 5.74) is 0.802. The second kappa shape index (κ2) is 10.4. The van der Waals surface area contributed by atoms with Gasteiger partial charge in [-0.1, -0.05) is 6.92 Å². The van der Waals surface area contributed by atoms with Crippen molar-refractivity contribution < 1.29 is 19.0 Å². The normalized spacial score (nSPS) is 11.0. The van der Waals surface area contributed by atoms with Crippen molar-refractivity contribution >= 4 is 47.0 Å². The van der Waals surface area contributed by atoms with Gasteiger partial charge in [-0.2, -0.15) is 14.9 Å². The van der Waals surface area contributed by atoms with Gasteiger partial charge in [0, 0.05) is 6.42 Å². The van der Waals surface area contributed by atoms with Crippen molar-refractivity contribution in [2.75, 3.05) is 19.8 Å². The molecule has 0 bridgehead atoms. The molecule has 0 aliphatic heterocycles. The van der Waals surface area contributed by atoms with E-state index in [2.05, 4.69) is 37.9 Å². The largest absolute Gasteiger partial charge is 0.490 e. The number of esters is 1. The standard InChI is InChI=1S/C17H21IN4O4S/c1-4-14-20-21-17(27)22(14)19-9-11-7-12(18)16(13(8-11)24-5-2)26-10-15(23)25-6-3/h7-9H,4-6,10H2,1-3H3,(H,21,27)/b19-9-. The minimum Gasteiger partial charge on any atom is -0.490 e. The van der Waals surface area contributed by atoms with Crippen LogP contribution in [0.1, 0.15) is 32.2 Å². The lowest BCUT2D eigenvalue weighted by Gasteiger charge is -2.14. The number of H-pyrrole nitrogens is 1. The molecule has 10 heteroatoms. The third-order valence-electron chi connectivity index (χ3n) is 3.33. The van der Waals surface area contributed by atoms with Crippen LogP contribution in [0.3, 0.4) is 0 Å². The fourth-order valence-corrected chi connectivity index (χ4v) is 3.18. The van der Waals surface area contributed by atoms with E-state index in [1.165, 1.54) is 0 Å². The molecule has 8 nitrogen and oxygen atoms in total. The van der Waals surface area contributed by atoms with Crippen LogP contribution in [-0.4, -0.2) is 46.9 Å². The van der Waals surface area contributed by atoms with Crippen molar-refractivity contribution in [2.24, 2.45) is 5.10 Å². The molecule has 0 saturated heterocycles. The van der Waals surface area contributed by atoms with Crippen LogP contribution in [0.2, 0.25) is 0 Å². The summed E-state index contributed by atoms with van der Waals surface area (Å²) in [7, 11) is 0. The number of nitrogens with zero attached hydrogens (tertiary/aromatic N) is 3. The van der Waals surface area contributed by atoms with E-state index >= 15 is 0 Å². The van der Waals surface area contributed by atoms with Crippen LogP contribution >= 0.6 is 34.8 Å². The fraction of sp³-hybridized carbons (Fsp3) is 0.412. The van der Waals surface area contributed by atoms with Gasteiger partial charge in [0.25, 0.3) is 0 Å². The molecule has 0 radical (unpaired) electrons. The SMILES string of the molecule is CCOC(=O)COc1c(I)cc(/C=N\n2c(CC)n[nH]c2=S)cc1OCC. The molecule has 146 valence electrons. The topological polar surface area (TPSA) is 90.7 Å². The maximum absolute atomic E-state index is 11.6. The van der Waals surface area contributed by atoms with Gasteiger partial charge >= 0.3 is 5.97 Å². The zero-order valence-corrected chi connectivity index (χ0v) is 18.3. The molecule has 2 aromatic rings. The van der Waals surface area contributed by atoms with Crippen LogP contribution < -0.4 is 9.47 Å². The quantitative estimate of drug-likeness (QED) is 0.244. The van der Waals surface area contributed by atoms with Crippen LogP contribution in [0.4, 0.5) is 0 Å². The summed E-state index contributed by atoms with van der Waals surface area (Å²) in [5, 5.41) is 11.2. The first-order valence-electron chi connectivity index (χ1n) is 8.45. The van der Waals surface area contributed by atoms with Crippen LogP contribution in [0.5, 0.6) is 11.5 Å². The number of halogens is 1. The van der Waals surface area contributed by atoms with Gasteiger partial charge in [-0.15, -0.1) is 0 Å². The second-order valence-electron chi connectivity index (χ2n) is 5.21. The molecule has 0 aliphatic carbocycles. The van der Waals surface area contributed by atoms with Gasteiger partial charge in [-0.3, -0.25) is 5.10 Å². The van der Waals surface area contributed by atoms with Crippen molar-refractivity contribution in [3.05, 3.63) is 31.9 Å². The molecule has 0 spiro atoms. The Morgan fingerprint density at radius 2 is 2.11 bits per heavy atom. The summed E-state index contributed by atoms with van der Waals surface area (Å²) >= 11 is 7.32. The number of rotatable bonds is 9. The van der Waals surface area contributed by atoms with Crippen molar-refractivity contribution in [1.29, 1.82) is 0 Å². The average Bonchev–Trinajstić information content (AvgIpc) is 2.99. The highest BCUT2D eigenvalue weighted by Gasteiger charge is 2.14. The van der Waals surface area contributed by atoms with E-state index in [4.69, 9.17) is 26.4 Å². The van der Waals surface area contributed by atoms with Crippen molar-refractivity contribution in [3.8, 4) is 11.5 Å². The Hall–Kier alpha value is -1.95. The highest BCUT2D eigenvalue weighted by molar-refractivity contribution is 14.1. The van der Waals surface area contributed by atoms with Crippen LogP contribution in [-0.2, 0) is 16.0 Å². The first-order chi connectivity index (χ1) is 13.0. The molecular weight excluding hydrogens is 483 g/mol. The van der Waals surface area contributed by atoms with Crippen molar-refractivity contribution in [1.82, 2.24) is 14.9 Å². The van der Waals surface area contributed by atoms with Gasteiger partial charge in [0.05, 0.1) is 23.0 Å². The van der Waals surface area contributed by atoms with Gasteiger partial charge in [-0.25, -0.2) is 4.79 Å². The van der Waals surface area contributed by atoms with Gasteiger partial charge < -0.3 is 14.2 Å². The minimum absolute atomic E-state index is 0.179. The highest BCUT2D eigenvalue weighted by Crippen LogP contribution is 2.34. The number of aryl methyl sites for hydroxylation is 1. The highest BCUT2D eigenvalue weighted by atomic mass is 127. The Labute approximate surface area is 176 Å². The van der Waals surface area contributed by atoms with Crippen molar-refractivity contribution in [3.63, 3.8) is 0 Å². The number of aromatic amines is 1. The first-order valence-corrected chi connectivity index (χ1v) is 9.94. The molecule has 0 saturated carbocycles. The van der Waals surface area contributed by atoms with Gasteiger partial charge in [0.2, 0.25) is 4.77 Å². The molecule has 0 unspecified atom stereocenters. The summed E-state index contributed by atoms with van der Waals surface area (Å²) in [6.45, 7) is 6.19. The number of nitrogens with one attached hydrogen (secondary N) is 1. The smallest absolute Gasteiger partial charge is 0.344 e. The summed E-state index contributed by atoms with van der Waals surface area (Å²) in [6.07, 6.45) is 2.37. The van der Waals surface area contributed by atoms with Gasteiger partial charge in [0.1, 0.15) is 0 Å². The van der Waals surface area contributed by atoms with E-state index in [-0.39, 0.29) is 6.61 Å². The van der Waals surface area contributed by atoms with E-state index in [0.717, 1.165) is 15.0 Å². The summed E-state index contributed by atoms with van der Waals surface area (Å²) in [6, 6.07) is 3.67. The van der Waals surface area contributed by atoms with E-state index in [9.17, 15) is 4.79 Å². The predicted molar refractivity (Wildman–Crippen MR) is 112 cm³/mol. The summed E-state index contributed by atoms with van der Waals surface area (Å²) < 4.78 is 19.0. The molecule has 2 rings (SSSR count). The van der Waals surface area contributed by atoms with E-state index in [0.29, 0.717) is 35.9 Å². The number of benzene rings is 1. The maximum Gasteiger partial charge on any atom is 0.344 e. The number of carbonyl (C=O) groups is 1. The Balaban J connectivity index is 2.28. The number of aromatic nitrogens is 3. The monoisotopic (exact) mass is 504 g/mol. The molecule has 1 N–H and O–H groups in total. The Morgan fingerprint density at radius 3 is 2.78 bits per heavy atom. The average molecular weight is 504 g/mol. The Kier molecular flexibility index (Phi) is 8.23. The molecular formula is C17H21IN4O4S. The molecule has 1 heterocycles. The summed E-state index contributed by atoms with van der Waals surface area (Å²) in [4.78, 5) is 11.6. The number of carbonyl (C=O) groups excluding carboxylic acids is 1. The van der Waals surface area contributed by atoms with Gasteiger partial charge in [0.15, 0.2) is 23.9 Å². The maximum atomic E-state index is 11.6. The lowest BCUT2D eigenvalue weighted by molar-refractivity contribution is -0.145. The minimum atomic E-state index is -0.428. The van der Waals surface area contributed by atoms with Crippen LogP contribution in [0.25, 0.3) is 0 Å². The van der Waals surface area contributed by atoms with Crippen LogP contribution in [0, 0.1) is 8.34 Å². The van der Waals surface area contributed by atoms with E-state index in [1.54, 1.807) is 23.9 Å². The van der Waals surface area contributed by atoms with E-state index < -0.39 is 5.97 Å². The molecule has 1 aromatic carbocycles. The lowest BCUT2D eigenvalue weighted by Crippen LogP contribution is -2.15. The molecule has 0 amide bonds. The van der Waals surface area contributed by atoms with Gasteiger partial charge in [-0.05, 0) is 66.4 Å². The third kappa shape index (κ3) is 5.76. The molecule has 0 atom stereocenters. The predicted octanol–water partition coefficient (Wildman–Crippen LogP) is 3.33. The first kappa shape index (κ1) is 21.4. The number of hydrogen-bond acceptors (Lipinski definition) is 7. The lowest BCUT2D eigenvalue weighted by atomic mass is 10.2. The number of hydrogen-bond donors (Lipinski definition) is 1. The molecule has 0 fully saturated rings. The molecule has 1 aromatic heterocycles. The molecule has 0 aliphatic rings. The fourth-order valence-electron chi connectivity index (χ4n) is 2.20. The Morgan fingerprint density at radius 1 is 1.33 bits per heavy atom. The zero-order valence-electron chi connectivity index (χ0n) is 15.3. The second-order valence-corrected chi connectivity index (χ2v) is 6.76. The van der Waals surface area contributed by atoms with Crippen molar-refractivity contribution in [2.45, 2.75) is 27.2 Å². The zero-order chi connectivity index (χ0) is 19.8. The molecule has 27 heavy (non-hydrogen) atoms. The third-order valence-corrected chi connectivity index (χ3v) is 4.39. The number of ether oxygens (including phenoxy) is 3.